The molecule has 0 aliphatic carbocycles. The SMILES string of the molecule is C=C(C)C(C)CCc1ccc(C(C)C)cc1. The molecule has 0 heterocycles. The Bertz CT molecular complexity index is 330. The van der Waals surface area contributed by atoms with Gasteiger partial charge in [-0.3, -0.25) is 0 Å². The molecule has 0 spiro atoms. The van der Waals surface area contributed by atoms with Gasteiger partial charge in [0.05, 0.1) is 0 Å². The molecule has 0 aliphatic rings. The van der Waals surface area contributed by atoms with E-state index < -0.39 is 0 Å². The number of rotatable bonds is 5. The van der Waals surface area contributed by atoms with Crippen molar-refractivity contribution in [1.82, 2.24) is 0 Å². The van der Waals surface area contributed by atoms with E-state index >= 15 is 0 Å². The average molecular weight is 216 g/mol. The third-order valence-corrected chi connectivity index (χ3v) is 3.35. The maximum absolute atomic E-state index is 4.00. The van der Waals surface area contributed by atoms with Gasteiger partial charge < -0.3 is 0 Å². The lowest BCUT2D eigenvalue weighted by Gasteiger charge is -2.11. The van der Waals surface area contributed by atoms with Crippen molar-refractivity contribution in [1.29, 1.82) is 0 Å². The molecule has 0 nitrogen and oxygen atoms in total. The lowest BCUT2D eigenvalue weighted by Crippen LogP contribution is -1.98. The van der Waals surface area contributed by atoms with Crippen LogP contribution >= 0.6 is 0 Å². The molecule has 0 fully saturated rings. The van der Waals surface area contributed by atoms with Crippen LogP contribution in [0.15, 0.2) is 36.4 Å². The van der Waals surface area contributed by atoms with Gasteiger partial charge >= 0.3 is 0 Å². The maximum Gasteiger partial charge on any atom is -0.0219 e. The Morgan fingerprint density at radius 1 is 1.12 bits per heavy atom. The van der Waals surface area contributed by atoms with E-state index in [1.54, 1.807) is 0 Å². The minimum absolute atomic E-state index is 0.628. The quantitative estimate of drug-likeness (QED) is 0.611. The zero-order chi connectivity index (χ0) is 12.1. The molecule has 0 saturated heterocycles. The van der Waals surface area contributed by atoms with E-state index in [0.29, 0.717) is 11.8 Å². The van der Waals surface area contributed by atoms with Crippen LogP contribution in [0.2, 0.25) is 0 Å². The Kier molecular flexibility index (Phi) is 4.79. The van der Waals surface area contributed by atoms with Crippen molar-refractivity contribution in [3.05, 3.63) is 47.5 Å². The highest BCUT2D eigenvalue weighted by Crippen LogP contribution is 2.18. The number of hydrogen-bond donors (Lipinski definition) is 0. The first-order chi connectivity index (χ1) is 7.50. The second-order valence-electron chi connectivity index (χ2n) is 5.18. The summed E-state index contributed by atoms with van der Waals surface area (Å²) < 4.78 is 0. The first kappa shape index (κ1) is 13.0. The van der Waals surface area contributed by atoms with Gasteiger partial charge in [-0.15, -0.1) is 0 Å². The maximum atomic E-state index is 4.00. The Morgan fingerprint density at radius 3 is 2.12 bits per heavy atom. The highest BCUT2D eigenvalue weighted by Gasteiger charge is 2.03. The first-order valence-corrected chi connectivity index (χ1v) is 6.25. The fourth-order valence-corrected chi connectivity index (χ4v) is 1.70. The van der Waals surface area contributed by atoms with Gasteiger partial charge in [0.2, 0.25) is 0 Å². The summed E-state index contributed by atoms with van der Waals surface area (Å²) in [7, 11) is 0. The van der Waals surface area contributed by atoms with Crippen LogP contribution in [-0.4, -0.2) is 0 Å². The molecule has 1 rings (SSSR count). The van der Waals surface area contributed by atoms with Crippen molar-refractivity contribution < 1.29 is 0 Å². The third kappa shape index (κ3) is 3.84. The highest BCUT2D eigenvalue weighted by molar-refractivity contribution is 5.24. The normalized spacial score (nSPS) is 12.8. The fraction of sp³-hybridized carbons (Fsp3) is 0.500. The van der Waals surface area contributed by atoms with Gasteiger partial charge in [0, 0.05) is 0 Å². The van der Waals surface area contributed by atoms with Gasteiger partial charge in [0.1, 0.15) is 0 Å². The lowest BCUT2D eigenvalue weighted by molar-refractivity contribution is 0.615. The zero-order valence-corrected chi connectivity index (χ0v) is 11.1. The second kappa shape index (κ2) is 5.89. The van der Waals surface area contributed by atoms with Crippen LogP contribution in [0.3, 0.4) is 0 Å². The Labute approximate surface area is 100 Å². The van der Waals surface area contributed by atoms with Crippen LogP contribution in [0.1, 0.15) is 51.2 Å². The molecular weight excluding hydrogens is 192 g/mol. The molecule has 0 amide bonds. The van der Waals surface area contributed by atoms with Crippen LogP contribution in [-0.2, 0) is 6.42 Å². The molecule has 1 aromatic carbocycles. The number of hydrogen-bond acceptors (Lipinski definition) is 0. The van der Waals surface area contributed by atoms with Crippen LogP contribution < -0.4 is 0 Å². The largest absolute Gasteiger partial charge is 0.0999 e. The summed E-state index contributed by atoms with van der Waals surface area (Å²) in [6.07, 6.45) is 2.36. The molecule has 0 heteroatoms. The fourth-order valence-electron chi connectivity index (χ4n) is 1.70. The first-order valence-electron chi connectivity index (χ1n) is 6.25. The summed E-state index contributed by atoms with van der Waals surface area (Å²) >= 11 is 0. The topological polar surface area (TPSA) is 0 Å². The Hall–Kier alpha value is -1.04. The monoisotopic (exact) mass is 216 g/mol. The van der Waals surface area contributed by atoms with Crippen LogP contribution in [0.4, 0.5) is 0 Å². The van der Waals surface area contributed by atoms with Gasteiger partial charge in [0.15, 0.2) is 0 Å². The summed E-state index contributed by atoms with van der Waals surface area (Å²) in [6.45, 7) is 12.8. The molecule has 0 radical (unpaired) electrons. The van der Waals surface area contributed by atoms with Crippen LogP contribution in [0.5, 0.6) is 0 Å². The van der Waals surface area contributed by atoms with E-state index in [0.717, 1.165) is 6.42 Å². The van der Waals surface area contributed by atoms with Crippen molar-refractivity contribution in [2.45, 2.75) is 46.5 Å². The summed E-state index contributed by atoms with van der Waals surface area (Å²) in [4.78, 5) is 0. The van der Waals surface area contributed by atoms with E-state index in [1.165, 1.54) is 23.1 Å². The van der Waals surface area contributed by atoms with Crippen molar-refractivity contribution in [3.63, 3.8) is 0 Å². The number of allylic oxidation sites excluding steroid dienone is 1. The predicted octanol–water partition coefficient (Wildman–Crippen LogP) is 4.95. The smallest absolute Gasteiger partial charge is 0.0219 e. The van der Waals surface area contributed by atoms with Gasteiger partial charge in [-0.1, -0.05) is 57.2 Å². The number of aryl methyl sites for hydroxylation is 1. The molecular formula is C16H24. The van der Waals surface area contributed by atoms with E-state index in [1.807, 2.05) is 0 Å². The minimum Gasteiger partial charge on any atom is -0.0999 e. The molecule has 1 aromatic rings. The van der Waals surface area contributed by atoms with Crippen molar-refractivity contribution >= 4 is 0 Å². The molecule has 0 aromatic heterocycles. The summed E-state index contributed by atoms with van der Waals surface area (Å²) in [5.74, 6) is 1.26. The second-order valence-corrected chi connectivity index (χ2v) is 5.18. The molecule has 0 aliphatic heterocycles. The van der Waals surface area contributed by atoms with Gasteiger partial charge in [-0.25, -0.2) is 0 Å². The van der Waals surface area contributed by atoms with E-state index in [4.69, 9.17) is 0 Å². The standard InChI is InChI=1S/C16H24/c1-12(2)14(5)6-7-15-8-10-16(11-9-15)13(3)4/h8-11,13-14H,1,6-7H2,2-5H3. The summed E-state index contributed by atoms with van der Waals surface area (Å²) in [6, 6.07) is 9.04. The van der Waals surface area contributed by atoms with Crippen molar-refractivity contribution in [2.24, 2.45) is 5.92 Å². The van der Waals surface area contributed by atoms with Crippen molar-refractivity contribution in [3.8, 4) is 0 Å². The summed E-state index contributed by atoms with van der Waals surface area (Å²) in [5, 5.41) is 0. The average Bonchev–Trinajstić information content (AvgIpc) is 2.26. The van der Waals surface area contributed by atoms with Gasteiger partial charge in [-0.2, -0.15) is 0 Å². The molecule has 1 unspecified atom stereocenters. The van der Waals surface area contributed by atoms with E-state index in [2.05, 4.69) is 58.5 Å². The molecule has 16 heavy (non-hydrogen) atoms. The molecule has 0 saturated carbocycles. The molecule has 0 N–H and O–H groups in total. The molecule has 88 valence electrons. The number of benzene rings is 1. The predicted molar refractivity (Wildman–Crippen MR) is 72.8 cm³/mol. The molecule has 1 atom stereocenters. The summed E-state index contributed by atoms with van der Waals surface area (Å²) in [5.41, 5.74) is 4.16. The van der Waals surface area contributed by atoms with Crippen LogP contribution in [0.25, 0.3) is 0 Å². The van der Waals surface area contributed by atoms with E-state index in [9.17, 15) is 0 Å². The minimum atomic E-state index is 0.628. The molecule has 0 bridgehead atoms. The van der Waals surface area contributed by atoms with Crippen molar-refractivity contribution in [2.75, 3.05) is 0 Å². The van der Waals surface area contributed by atoms with E-state index in [-0.39, 0.29) is 0 Å². The Balaban J connectivity index is 2.52. The highest BCUT2D eigenvalue weighted by atomic mass is 14.1. The van der Waals surface area contributed by atoms with Crippen LogP contribution in [0, 0.1) is 5.92 Å². The van der Waals surface area contributed by atoms with Gasteiger partial charge in [-0.05, 0) is 42.7 Å². The lowest BCUT2D eigenvalue weighted by atomic mass is 9.94. The van der Waals surface area contributed by atoms with Gasteiger partial charge in [0.25, 0.3) is 0 Å². The Morgan fingerprint density at radius 2 is 1.69 bits per heavy atom. The zero-order valence-electron chi connectivity index (χ0n) is 11.1. The third-order valence-electron chi connectivity index (χ3n) is 3.35.